The van der Waals surface area contributed by atoms with Crippen LogP contribution < -0.4 is 5.32 Å². The molecule has 8 nitrogen and oxygen atoms in total. The van der Waals surface area contributed by atoms with Gasteiger partial charge in [0.1, 0.15) is 25.1 Å². The molecule has 0 aromatic carbocycles. The van der Waals surface area contributed by atoms with Crippen LogP contribution in [0.4, 0.5) is 0 Å². The molecule has 0 saturated heterocycles. The molecular formula is C18H33N3O5. The van der Waals surface area contributed by atoms with E-state index in [-0.39, 0.29) is 18.2 Å². The van der Waals surface area contributed by atoms with E-state index < -0.39 is 12.1 Å². The highest BCUT2D eigenvalue weighted by molar-refractivity contribution is 5.80. The van der Waals surface area contributed by atoms with Crippen molar-refractivity contribution in [1.29, 1.82) is 0 Å². The highest BCUT2D eigenvalue weighted by Gasteiger charge is 2.21. The zero-order valence-electron chi connectivity index (χ0n) is 16.1. The molecule has 0 aromatic rings. The molecular weight excluding hydrogens is 338 g/mol. The van der Waals surface area contributed by atoms with Crippen LogP contribution in [-0.2, 0) is 19.2 Å². The maximum atomic E-state index is 12.5. The van der Waals surface area contributed by atoms with E-state index >= 15 is 0 Å². The summed E-state index contributed by atoms with van der Waals surface area (Å²) in [5.41, 5.74) is 0. The van der Waals surface area contributed by atoms with Gasteiger partial charge in [-0.15, -0.1) is 0 Å². The van der Waals surface area contributed by atoms with Gasteiger partial charge in [0.25, 0.3) is 0 Å². The van der Waals surface area contributed by atoms with Crippen molar-refractivity contribution in [1.82, 2.24) is 15.1 Å². The van der Waals surface area contributed by atoms with Crippen LogP contribution in [0.2, 0.25) is 0 Å². The minimum atomic E-state index is -0.759. The number of aliphatic hydroxyl groups is 1. The molecule has 0 aliphatic rings. The number of carbonyl (C=O) groups is 4. The van der Waals surface area contributed by atoms with Gasteiger partial charge in [-0.3, -0.25) is 9.69 Å². The molecule has 2 N–H and O–H groups in total. The Labute approximate surface area is 155 Å². The van der Waals surface area contributed by atoms with E-state index in [2.05, 4.69) is 5.32 Å². The average Bonchev–Trinajstić information content (AvgIpc) is 2.63. The lowest BCUT2D eigenvalue weighted by molar-refractivity contribution is -0.136. The molecule has 150 valence electrons. The summed E-state index contributed by atoms with van der Waals surface area (Å²) in [4.78, 5) is 47.6. The summed E-state index contributed by atoms with van der Waals surface area (Å²) in [6, 6.07) is 0. The van der Waals surface area contributed by atoms with Crippen LogP contribution in [0.1, 0.15) is 33.1 Å². The van der Waals surface area contributed by atoms with E-state index in [9.17, 15) is 24.3 Å². The topological polar surface area (TPSA) is 107 Å². The molecule has 0 spiro atoms. The number of nitrogens with zero attached hydrogens (tertiary/aromatic N) is 2. The number of aliphatic hydroxyl groups excluding tert-OH is 1. The van der Waals surface area contributed by atoms with Gasteiger partial charge in [0.05, 0.1) is 0 Å². The zero-order valence-corrected chi connectivity index (χ0v) is 16.1. The number of carbonyl (C=O) groups excluding carboxylic acids is 4. The summed E-state index contributed by atoms with van der Waals surface area (Å²) >= 11 is 0. The lowest BCUT2D eigenvalue weighted by Crippen LogP contribution is -2.45. The van der Waals surface area contributed by atoms with E-state index in [1.165, 1.54) is 0 Å². The van der Waals surface area contributed by atoms with Gasteiger partial charge in [-0.1, -0.05) is 13.8 Å². The first-order valence-corrected chi connectivity index (χ1v) is 9.07. The second kappa shape index (κ2) is 14.5. The fourth-order valence-electron chi connectivity index (χ4n) is 2.38. The normalized spacial score (nSPS) is 14.5. The molecule has 1 amide bonds. The highest BCUT2D eigenvalue weighted by Crippen LogP contribution is 2.09. The molecule has 0 rings (SSSR count). The Morgan fingerprint density at radius 3 is 2.35 bits per heavy atom. The summed E-state index contributed by atoms with van der Waals surface area (Å²) in [7, 11) is 1.74. The number of rotatable bonds is 16. The van der Waals surface area contributed by atoms with Crippen LogP contribution in [0.5, 0.6) is 0 Å². The minimum absolute atomic E-state index is 0.113. The van der Waals surface area contributed by atoms with Crippen molar-refractivity contribution in [3.63, 3.8) is 0 Å². The van der Waals surface area contributed by atoms with Crippen molar-refractivity contribution >= 4 is 24.8 Å². The summed E-state index contributed by atoms with van der Waals surface area (Å²) in [6.07, 6.45) is 2.54. The Kier molecular flexibility index (Phi) is 13.6. The summed E-state index contributed by atoms with van der Waals surface area (Å²) in [5.74, 6) is -0.744. The van der Waals surface area contributed by atoms with Gasteiger partial charge >= 0.3 is 0 Å². The van der Waals surface area contributed by atoms with Crippen LogP contribution in [0.3, 0.4) is 0 Å². The van der Waals surface area contributed by atoms with E-state index in [1.54, 1.807) is 30.7 Å². The molecule has 3 unspecified atom stereocenters. The monoisotopic (exact) mass is 371 g/mol. The number of hydrogen-bond acceptors (Lipinski definition) is 7. The van der Waals surface area contributed by atoms with Crippen LogP contribution in [0.15, 0.2) is 0 Å². The zero-order chi connectivity index (χ0) is 19.9. The molecule has 0 bridgehead atoms. The Bertz CT molecular complexity index is 433. The Balaban J connectivity index is 4.61. The van der Waals surface area contributed by atoms with E-state index in [1.807, 2.05) is 0 Å². The molecule has 0 aromatic heterocycles. The fraction of sp³-hybridized carbons (Fsp3) is 0.778. The lowest BCUT2D eigenvalue weighted by Gasteiger charge is -2.30. The third-order valence-corrected chi connectivity index (χ3v) is 4.23. The van der Waals surface area contributed by atoms with Crippen LogP contribution >= 0.6 is 0 Å². The summed E-state index contributed by atoms with van der Waals surface area (Å²) < 4.78 is 0. The van der Waals surface area contributed by atoms with E-state index in [0.717, 1.165) is 18.9 Å². The maximum Gasteiger partial charge on any atom is 0.225 e. The molecule has 0 saturated carbocycles. The number of amides is 1. The quantitative estimate of drug-likeness (QED) is 0.218. The molecule has 26 heavy (non-hydrogen) atoms. The Morgan fingerprint density at radius 1 is 1.08 bits per heavy atom. The molecule has 3 atom stereocenters. The first-order chi connectivity index (χ1) is 12.4. The third kappa shape index (κ3) is 10.4. The van der Waals surface area contributed by atoms with E-state index in [4.69, 9.17) is 0 Å². The minimum Gasteiger partial charge on any atom is -0.378 e. The number of hydrogen-bond donors (Lipinski definition) is 2. The van der Waals surface area contributed by atoms with Gasteiger partial charge < -0.3 is 29.7 Å². The number of likely N-dealkylation sites (N-methyl/N-ethyl adjacent to an activating group) is 1. The molecule has 0 radical (unpaired) electrons. The van der Waals surface area contributed by atoms with Crippen molar-refractivity contribution in [3.8, 4) is 0 Å². The Hall–Kier alpha value is -1.64. The predicted molar refractivity (Wildman–Crippen MR) is 98.5 cm³/mol. The van der Waals surface area contributed by atoms with Crippen LogP contribution in [-0.4, -0.2) is 85.7 Å². The lowest BCUT2D eigenvalue weighted by atomic mass is 10.1. The van der Waals surface area contributed by atoms with Gasteiger partial charge in [0.15, 0.2) is 0 Å². The fourth-order valence-corrected chi connectivity index (χ4v) is 2.38. The molecule has 8 heteroatoms. The second-order valence-corrected chi connectivity index (χ2v) is 6.64. The second-order valence-electron chi connectivity index (χ2n) is 6.64. The maximum absolute atomic E-state index is 12.5. The number of aldehydes is 3. The number of nitrogens with one attached hydrogen (secondary N) is 1. The third-order valence-electron chi connectivity index (χ3n) is 4.23. The first-order valence-electron chi connectivity index (χ1n) is 9.07. The molecule has 0 aliphatic carbocycles. The van der Waals surface area contributed by atoms with Crippen molar-refractivity contribution in [2.45, 2.75) is 39.3 Å². The van der Waals surface area contributed by atoms with Gasteiger partial charge in [0.2, 0.25) is 5.91 Å². The Morgan fingerprint density at radius 2 is 1.77 bits per heavy atom. The van der Waals surface area contributed by atoms with Gasteiger partial charge in [-0.05, 0) is 13.5 Å². The smallest absolute Gasteiger partial charge is 0.225 e. The molecule has 0 aliphatic heterocycles. The van der Waals surface area contributed by atoms with Crippen LogP contribution in [0, 0.1) is 11.8 Å². The van der Waals surface area contributed by atoms with E-state index in [0.29, 0.717) is 45.6 Å². The molecule has 0 fully saturated rings. The van der Waals surface area contributed by atoms with Crippen molar-refractivity contribution < 1.29 is 24.3 Å². The SMILES string of the molecule is CC(C=O)CC(O)N(C)CCN(CCNCCC=O)C(=O)C(C)CC=O. The molecule has 0 heterocycles. The van der Waals surface area contributed by atoms with Crippen molar-refractivity contribution in [3.05, 3.63) is 0 Å². The van der Waals surface area contributed by atoms with Gasteiger partial charge in [-0.2, -0.15) is 0 Å². The average molecular weight is 371 g/mol. The standard InChI is InChI=1S/C18H33N3O5/c1-15(14-24)13-17(25)20(3)9-10-21(8-7-19-6-4-11-22)18(26)16(2)5-12-23/h11-12,14-17,19,25H,4-10,13H2,1-3H3. The predicted octanol–water partition coefficient (Wildman–Crippen LogP) is -0.306. The summed E-state index contributed by atoms with van der Waals surface area (Å²) in [5, 5.41) is 13.2. The van der Waals surface area contributed by atoms with Gasteiger partial charge in [-0.25, -0.2) is 0 Å². The first kappa shape index (κ1) is 24.4. The largest absolute Gasteiger partial charge is 0.378 e. The van der Waals surface area contributed by atoms with Crippen LogP contribution in [0.25, 0.3) is 0 Å². The highest BCUT2D eigenvalue weighted by atomic mass is 16.3. The summed E-state index contributed by atoms with van der Waals surface area (Å²) in [6.45, 7) is 5.86. The van der Waals surface area contributed by atoms with Gasteiger partial charge in [0, 0.05) is 57.4 Å². The van der Waals surface area contributed by atoms with Crippen molar-refractivity contribution in [2.24, 2.45) is 11.8 Å². The van der Waals surface area contributed by atoms with Crippen molar-refractivity contribution in [2.75, 3.05) is 39.8 Å².